The van der Waals surface area contributed by atoms with Crippen LogP contribution >= 0.6 is 0 Å². The monoisotopic (exact) mass is 562 g/mol. The minimum Gasteiger partial charge on any atom is -0.478 e. The van der Waals surface area contributed by atoms with Crippen molar-refractivity contribution in [3.05, 3.63) is 60.9 Å². The second-order valence-electron chi connectivity index (χ2n) is 9.84. The van der Waals surface area contributed by atoms with E-state index in [1.807, 2.05) is 37.3 Å². The van der Waals surface area contributed by atoms with Crippen molar-refractivity contribution in [3.8, 4) is 23.1 Å². The molecule has 5 aromatic rings. The maximum atomic E-state index is 15.0. The van der Waals surface area contributed by atoms with Crippen LogP contribution in [-0.2, 0) is 0 Å². The van der Waals surface area contributed by atoms with Gasteiger partial charge in [-0.25, -0.2) is 33.2 Å². The summed E-state index contributed by atoms with van der Waals surface area (Å²) < 4.78 is 49.4. The highest BCUT2D eigenvalue weighted by molar-refractivity contribution is 5.96. The summed E-state index contributed by atoms with van der Waals surface area (Å²) in [5.41, 5.74) is 2.70. The van der Waals surface area contributed by atoms with E-state index in [1.165, 1.54) is 18.9 Å². The van der Waals surface area contributed by atoms with Gasteiger partial charge in [0, 0.05) is 18.7 Å². The third-order valence-corrected chi connectivity index (χ3v) is 6.78. The fraction of sp³-hybridized carbons (Fsp3) is 0.321. The number of alkyl halides is 2. The SMILES string of the molecule is CCOc1ncc2ncnc(Nc3ccc(Oc4ccc5ncnn5c4)c(C)c3)c2c1O[C@H]1CCN(C)CC1(F)F. The van der Waals surface area contributed by atoms with Gasteiger partial charge in [-0.15, -0.1) is 0 Å². The van der Waals surface area contributed by atoms with Crippen molar-refractivity contribution in [1.29, 1.82) is 0 Å². The zero-order valence-electron chi connectivity index (χ0n) is 22.7. The van der Waals surface area contributed by atoms with Gasteiger partial charge in [-0.05, 0) is 56.8 Å². The van der Waals surface area contributed by atoms with Gasteiger partial charge in [0.05, 0.1) is 36.4 Å². The van der Waals surface area contributed by atoms with Crippen molar-refractivity contribution in [2.75, 3.05) is 32.1 Å². The number of aromatic nitrogens is 6. The molecule has 6 rings (SSSR count). The third-order valence-electron chi connectivity index (χ3n) is 6.78. The van der Waals surface area contributed by atoms with Gasteiger partial charge in [0.25, 0.3) is 11.8 Å². The van der Waals surface area contributed by atoms with Crippen LogP contribution in [0.5, 0.6) is 23.1 Å². The number of hydrogen-bond donors (Lipinski definition) is 1. The molecule has 1 atom stereocenters. The van der Waals surface area contributed by atoms with Gasteiger partial charge in [0.15, 0.2) is 17.5 Å². The number of hydrogen-bond acceptors (Lipinski definition) is 10. The molecule has 1 aliphatic rings. The lowest BCUT2D eigenvalue weighted by Crippen LogP contribution is -2.52. The van der Waals surface area contributed by atoms with Crippen molar-refractivity contribution < 1.29 is 23.0 Å². The Labute approximate surface area is 234 Å². The van der Waals surface area contributed by atoms with Crippen LogP contribution in [0.1, 0.15) is 18.9 Å². The maximum Gasteiger partial charge on any atom is 0.296 e. The average molecular weight is 563 g/mol. The van der Waals surface area contributed by atoms with Gasteiger partial charge in [-0.2, -0.15) is 5.10 Å². The molecule has 0 radical (unpaired) electrons. The van der Waals surface area contributed by atoms with Crippen LogP contribution in [0.2, 0.25) is 0 Å². The number of anilines is 2. The Morgan fingerprint density at radius 1 is 1.10 bits per heavy atom. The van der Waals surface area contributed by atoms with Crippen LogP contribution in [-0.4, -0.2) is 73.2 Å². The highest BCUT2D eigenvalue weighted by atomic mass is 19.3. The molecule has 1 N–H and O–H groups in total. The molecule has 11 nitrogen and oxygen atoms in total. The van der Waals surface area contributed by atoms with E-state index in [2.05, 4.69) is 30.4 Å². The average Bonchev–Trinajstić information content (AvgIpc) is 3.41. The van der Waals surface area contributed by atoms with E-state index in [1.54, 1.807) is 29.6 Å². The van der Waals surface area contributed by atoms with Crippen molar-refractivity contribution in [2.45, 2.75) is 32.3 Å². The molecule has 0 amide bonds. The topological polar surface area (TPSA) is 112 Å². The Balaban J connectivity index is 1.32. The minimum absolute atomic E-state index is 0.0851. The Kier molecular flexibility index (Phi) is 6.95. The first-order valence-electron chi connectivity index (χ1n) is 13.1. The summed E-state index contributed by atoms with van der Waals surface area (Å²) in [6.07, 6.45) is 4.91. The van der Waals surface area contributed by atoms with E-state index in [-0.39, 0.29) is 24.7 Å². The molecule has 0 saturated carbocycles. The van der Waals surface area contributed by atoms with Gasteiger partial charge in [0.1, 0.15) is 30.0 Å². The predicted octanol–water partition coefficient (Wildman–Crippen LogP) is 5.03. The van der Waals surface area contributed by atoms with Gasteiger partial charge in [-0.3, -0.25) is 0 Å². The lowest BCUT2D eigenvalue weighted by atomic mass is 10.0. The molecule has 4 aromatic heterocycles. The Bertz CT molecular complexity index is 1710. The molecular formula is C28H28F2N8O3. The minimum atomic E-state index is -3.06. The number of nitrogens with zero attached hydrogens (tertiary/aromatic N) is 7. The number of nitrogens with one attached hydrogen (secondary N) is 1. The summed E-state index contributed by atoms with van der Waals surface area (Å²) in [5, 5.41) is 7.83. The molecule has 0 aliphatic carbocycles. The van der Waals surface area contributed by atoms with Crippen molar-refractivity contribution in [3.63, 3.8) is 0 Å². The maximum absolute atomic E-state index is 15.0. The number of fused-ring (bicyclic) bond motifs is 2. The number of halogens is 2. The smallest absolute Gasteiger partial charge is 0.296 e. The molecule has 1 aliphatic heterocycles. The quantitative estimate of drug-likeness (QED) is 0.276. The Morgan fingerprint density at radius 3 is 2.78 bits per heavy atom. The molecule has 0 spiro atoms. The summed E-state index contributed by atoms with van der Waals surface area (Å²) in [6, 6.07) is 9.20. The van der Waals surface area contributed by atoms with E-state index in [0.29, 0.717) is 40.5 Å². The summed E-state index contributed by atoms with van der Waals surface area (Å²) in [6.45, 7) is 4.06. The number of aryl methyl sites for hydroxylation is 1. The fourth-order valence-electron chi connectivity index (χ4n) is 4.79. The van der Waals surface area contributed by atoms with E-state index in [4.69, 9.17) is 14.2 Å². The van der Waals surface area contributed by atoms with Gasteiger partial charge >= 0.3 is 0 Å². The number of piperidine rings is 1. The van der Waals surface area contributed by atoms with E-state index < -0.39 is 18.6 Å². The van der Waals surface area contributed by atoms with Crippen LogP contribution in [0.3, 0.4) is 0 Å². The van der Waals surface area contributed by atoms with E-state index in [9.17, 15) is 8.78 Å². The molecule has 13 heteroatoms. The highest BCUT2D eigenvalue weighted by Gasteiger charge is 2.46. The molecule has 5 heterocycles. The normalized spacial score (nSPS) is 17.0. The number of likely N-dealkylation sites (tertiary alicyclic amines) is 1. The lowest BCUT2D eigenvalue weighted by molar-refractivity contribution is -0.135. The fourth-order valence-corrected chi connectivity index (χ4v) is 4.79. The highest BCUT2D eigenvalue weighted by Crippen LogP contribution is 2.41. The first-order valence-corrected chi connectivity index (χ1v) is 13.1. The zero-order chi connectivity index (χ0) is 28.6. The van der Waals surface area contributed by atoms with Crippen LogP contribution in [0, 0.1) is 6.92 Å². The standard InChI is InChI=1S/C28H28F2N8O3/c1-4-39-27-25(41-22-9-10-37(3)14-28(22,29)30)24-20(12-31-27)32-15-34-26(24)36-18-5-7-21(17(2)11-18)40-19-6-8-23-33-16-35-38(23)13-19/h5-8,11-13,15-16,22H,4,9-10,14H2,1-3H3,(H,32,34,36)/t22-/m0/s1. The van der Waals surface area contributed by atoms with Crippen molar-refractivity contribution >= 4 is 28.1 Å². The van der Waals surface area contributed by atoms with Crippen molar-refractivity contribution in [2.24, 2.45) is 0 Å². The van der Waals surface area contributed by atoms with Crippen LogP contribution in [0.25, 0.3) is 16.6 Å². The number of pyridine rings is 2. The van der Waals surface area contributed by atoms with Gasteiger partial charge in [0.2, 0.25) is 0 Å². The first kappa shape index (κ1) is 26.6. The van der Waals surface area contributed by atoms with Crippen LogP contribution in [0.15, 0.2) is 55.4 Å². The predicted molar refractivity (Wildman–Crippen MR) is 148 cm³/mol. The Morgan fingerprint density at radius 2 is 1.98 bits per heavy atom. The van der Waals surface area contributed by atoms with Crippen LogP contribution < -0.4 is 19.5 Å². The van der Waals surface area contributed by atoms with E-state index >= 15 is 0 Å². The molecule has 41 heavy (non-hydrogen) atoms. The second kappa shape index (κ2) is 10.7. The third kappa shape index (κ3) is 5.40. The first-order chi connectivity index (χ1) is 19.8. The molecular weight excluding hydrogens is 534 g/mol. The van der Waals surface area contributed by atoms with E-state index in [0.717, 1.165) is 11.2 Å². The largest absolute Gasteiger partial charge is 0.478 e. The molecule has 1 aromatic carbocycles. The summed E-state index contributed by atoms with van der Waals surface area (Å²) >= 11 is 0. The number of benzene rings is 1. The molecule has 1 saturated heterocycles. The summed E-state index contributed by atoms with van der Waals surface area (Å²) in [4.78, 5) is 18.8. The molecule has 0 unspecified atom stereocenters. The van der Waals surface area contributed by atoms with Gasteiger partial charge in [-0.1, -0.05) is 0 Å². The molecule has 1 fully saturated rings. The molecule has 0 bridgehead atoms. The molecule has 212 valence electrons. The lowest BCUT2D eigenvalue weighted by Gasteiger charge is -2.36. The second-order valence-corrected chi connectivity index (χ2v) is 9.84. The van der Waals surface area contributed by atoms with Crippen LogP contribution in [0.4, 0.5) is 20.3 Å². The number of rotatable bonds is 8. The van der Waals surface area contributed by atoms with Crippen molar-refractivity contribution in [1.82, 2.24) is 34.4 Å². The zero-order valence-corrected chi connectivity index (χ0v) is 22.7. The summed E-state index contributed by atoms with van der Waals surface area (Å²) in [7, 11) is 1.67. The number of ether oxygens (including phenoxy) is 3. The summed E-state index contributed by atoms with van der Waals surface area (Å²) in [5.74, 6) is -1.24. The van der Waals surface area contributed by atoms with Gasteiger partial charge < -0.3 is 24.4 Å². The Hall–Kier alpha value is -4.65.